The fraction of sp³-hybridized carbons (Fsp3) is 0.571. The molecule has 0 fully saturated rings. The maximum atomic E-state index is 5.83. The van der Waals surface area contributed by atoms with E-state index < -0.39 is 0 Å². The first-order valence-corrected chi connectivity index (χ1v) is 10.1. The van der Waals surface area contributed by atoms with Crippen molar-refractivity contribution in [2.75, 3.05) is 26.2 Å². The van der Waals surface area contributed by atoms with Gasteiger partial charge in [-0.1, -0.05) is 39.8 Å². The molecule has 0 radical (unpaired) electrons. The second-order valence-corrected chi connectivity index (χ2v) is 7.60. The van der Waals surface area contributed by atoms with Crippen molar-refractivity contribution in [2.45, 2.75) is 53.0 Å². The summed E-state index contributed by atoms with van der Waals surface area (Å²) >= 11 is 0. The summed E-state index contributed by atoms with van der Waals surface area (Å²) in [6.45, 7) is 14.3. The van der Waals surface area contributed by atoms with E-state index in [2.05, 4.69) is 72.6 Å². The van der Waals surface area contributed by atoms with E-state index in [4.69, 9.17) is 4.74 Å². The van der Waals surface area contributed by atoms with Crippen LogP contribution in [0.5, 0.6) is 5.75 Å². The minimum atomic E-state index is 0. The van der Waals surface area contributed by atoms with Gasteiger partial charge >= 0.3 is 0 Å². The van der Waals surface area contributed by atoms with E-state index in [1.54, 1.807) is 6.33 Å². The molecule has 1 heterocycles. The number of ether oxygens (including phenoxy) is 1. The van der Waals surface area contributed by atoms with Crippen molar-refractivity contribution in [1.29, 1.82) is 0 Å². The molecular weight excluding hydrogens is 479 g/mol. The summed E-state index contributed by atoms with van der Waals surface area (Å²) in [5.74, 6) is 2.66. The first-order valence-electron chi connectivity index (χ1n) is 10.1. The van der Waals surface area contributed by atoms with Gasteiger partial charge in [0.05, 0.1) is 13.1 Å². The highest BCUT2D eigenvalue weighted by Crippen LogP contribution is 2.24. The summed E-state index contributed by atoms with van der Waals surface area (Å²) in [6.07, 6.45) is 2.63. The molecule has 1 aromatic carbocycles. The van der Waals surface area contributed by atoms with Gasteiger partial charge in [0.25, 0.3) is 0 Å². The Morgan fingerprint density at radius 3 is 2.48 bits per heavy atom. The molecule has 162 valence electrons. The molecule has 0 spiro atoms. The minimum Gasteiger partial charge on any atom is -0.492 e. The van der Waals surface area contributed by atoms with Gasteiger partial charge in [0.15, 0.2) is 5.96 Å². The molecule has 0 aliphatic carbocycles. The third-order valence-electron chi connectivity index (χ3n) is 4.35. The van der Waals surface area contributed by atoms with Crippen LogP contribution in [-0.2, 0) is 18.4 Å². The summed E-state index contributed by atoms with van der Waals surface area (Å²) in [7, 11) is 0. The van der Waals surface area contributed by atoms with Gasteiger partial charge in [-0.25, -0.2) is 0 Å². The van der Waals surface area contributed by atoms with Crippen LogP contribution in [0.25, 0.3) is 0 Å². The third kappa shape index (κ3) is 8.59. The lowest BCUT2D eigenvalue weighted by Gasteiger charge is -2.19. The predicted octanol–water partition coefficient (Wildman–Crippen LogP) is 3.39. The van der Waals surface area contributed by atoms with Gasteiger partial charge in [0.2, 0.25) is 0 Å². The quantitative estimate of drug-likeness (QED) is 0.232. The minimum absolute atomic E-state index is 0. The maximum absolute atomic E-state index is 5.83. The predicted molar refractivity (Wildman–Crippen MR) is 129 cm³/mol. The molecule has 1 aromatic heterocycles. The Hall–Kier alpha value is -1.84. The molecular formula is C21H35IN6O. The molecule has 2 rings (SSSR count). The number of hydrogen-bond acceptors (Lipinski definition) is 4. The zero-order valence-corrected chi connectivity index (χ0v) is 20.6. The summed E-state index contributed by atoms with van der Waals surface area (Å²) in [4.78, 5) is 4.61. The average Bonchev–Trinajstić information content (AvgIpc) is 3.12. The van der Waals surface area contributed by atoms with Gasteiger partial charge in [0, 0.05) is 19.5 Å². The van der Waals surface area contributed by atoms with E-state index in [9.17, 15) is 0 Å². The number of aliphatic imine (C=N–C) groups is 1. The number of nitrogens with one attached hydrogen (secondary N) is 2. The molecule has 0 aliphatic rings. The number of nitrogens with zero attached hydrogens (tertiary/aromatic N) is 4. The smallest absolute Gasteiger partial charge is 0.191 e. The topological polar surface area (TPSA) is 76.4 Å². The average molecular weight is 514 g/mol. The highest BCUT2D eigenvalue weighted by molar-refractivity contribution is 14.0. The van der Waals surface area contributed by atoms with E-state index in [-0.39, 0.29) is 29.4 Å². The first-order chi connectivity index (χ1) is 13.4. The highest BCUT2D eigenvalue weighted by Gasteiger charge is 2.12. The molecule has 29 heavy (non-hydrogen) atoms. The second kappa shape index (κ2) is 12.7. The highest BCUT2D eigenvalue weighted by atomic mass is 127. The van der Waals surface area contributed by atoms with Crippen LogP contribution in [0.2, 0.25) is 0 Å². The SMILES string of the molecule is CCNC(=NCCn1cnnc1CC)NCCOc1ccc(C(C)(C)C)cc1.I. The number of aromatic nitrogens is 3. The standard InChI is InChI=1S/C21H34N6O.HI/c1-6-19-26-25-16-27(19)14-12-23-20(22-7-2)24-13-15-28-18-10-8-17(9-11-18)21(3,4)5;/h8-11,16H,6-7,12-15H2,1-5H3,(H2,22,23,24);1H. The van der Waals surface area contributed by atoms with Crippen molar-refractivity contribution < 1.29 is 4.74 Å². The van der Waals surface area contributed by atoms with Crippen LogP contribution in [0, 0.1) is 0 Å². The Balaban J connectivity index is 0.00000420. The zero-order chi connectivity index (χ0) is 20.4. The lowest BCUT2D eigenvalue weighted by atomic mass is 9.87. The Morgan fingerprint density at radius 1 is 1.14 bits per heavy atom. The largest absolute Gasteiger partial charge is 0.492 e. The monoisotopic (exact) mass is 514 g/mol. The van der Waals surface area contributed by atoms with Gasteiger partial charge in [0.1, 0.15) is 24.5 Å². The molecule has 2 aromatic rings. The molecule has 0 bridgehead atoms. The molecule has 2 N–H and O–H groups in total. The maximum Gasteiger partial charge on any atom is 0.191 e. The lowest BCUT2D eigenvalue weighted by molar-refractivity contribution is 0.321. The van der Waals surface area contributed by atoms with Crippen LogP contribution in [0.1, 0.15) is 46.0 Å². The number of aryl methyl sites for hydroxylation is 1. The number of halogens is 1. The van der Waals surface area contributed by atoms with Gasteiger partial charge < -0.3 is 19.9 Å². The van der Waals surface area contributed by atoms with E-state index >= 15 is 0 Å². The number of rotatable bonds is 9. The molecule has 0 saturated heterocycles. The van der Waals surface area contributed by atoms with E-state index in [0.29, 0.717) is 19.7 Å². The molecule has 8 heteroatoms. The van der Waals surface area contributed by atoms with E-state index in [0.717, 1.165) is 37.0 Å². The Bertz CT molecular complexity index is 736. The molecule has 0 amide bonds. The van der Waals surface area contributed by atoms with Crippen LogP contribution < -0.4 is 15.4 Å². The summed E-state index contributed by atoms with van der Waals surface area (Å²) < 4.78 is 7.87. The van der Waals surface area contributed by atoms with Crippen molar-refractivity contribution >= 4 is 29.9 Å². The van der Waals surface area contributed by atoms with Crippen molar-refractivity contribution in [3.05, 3.63) is 42.0 Å². The first kappa shape index (κ1) is 25.2. The molecule has 0 atom stereocenters. The molecule has 0 aliphatic heterocycles. The van der Waals surface area contributed by atoms with Gasteiger partial charge in [-0.3, -0.25) is 4.99 Å². The normalized spacial score (nSPS) is 11.7. The summed E-state index contributed by atoms with van der Waals surface area (Å²) in [5.41, 5.74) is 1.46. The van der Waals surface area contributed by atoms with Gasteiger partial charge in [-0.05, 0) is 30.0 Å². The fourth-order valence-corrected chi connectivity index (χ4v) is 2.74. The zero-order valence-electron chi connectivity index (χ0n) is 18.2. The summed E-state index contributed by atoms with van der Waals surface area (Å²) in [5, 5.41) is 14.6. The number of benzene rings is 1. The van der Waals surface area contributed by atoms with Gasteiger partial charge in [-0.15, -0.1) is 34.2 Å². The number of guanidine groups is 1. The lowest BCUT2D eigenvalue weighted by Crippen LogP contribution is -2.39. The van der Waals surface area contributed by atoms with Crippen LogP contribution in [0.3, 0.4) is 0 Å². The third-order valence-corrected chi connectivity index (χ3v) is 4.35. The molecule has 0 saturated carbocycles. The summed E-state index contributed by atoms with van der Waals surface area (Å²) in [6, 6.07) is 8.32. The van der Waals surface area contributed by atoms with Crippen LogP contribution in [-0.4, -0.2) is 47.0 Å². The molecule has 7 nitrogen and oxygen atoms in total. The second-order valence-electron chi connectivity index (χ2n) is 7.60. The van der Waals surface area contributed by atoms with Crippen LogP contribution in [0.15, 0.2) is 35.6 Å². The van der Waals surface area contributed by atoms with Crippen LogP contribution >= 0.6 is 24.0 Å². The van der Waals surface area contributed by atoms with Crippen molar-refractivity contribution in [2.24, 2.45) is 4.99 Å². The Morgan fingerprint density at radius 2 is 1.86 bits per heavy atom. The van der Waals surface area contributed by atoms with E-state index in [1.165, 1.54) is 5.56 Å². The van der Waals surface area contributed by atoms with Crippen molar-refractivity contribution in [1.82, 2.24) is 25.4 Å². The Kier molecular flexibility index (Phi) is 11.0. The van der Waals surface area contributed by atoms with E-state index in [1.807, 2.05) is 16.7 Å². The van der Waals surface area contributed by atoms with Crippen LogP contribution in [0.4, 0.5) is 0 Å². The Labute approximate surface area is 191 Å². The number of hydrogen-bond donors (Lipinski definition) is 2. The van der Waals surface area contributed by atoms with Crippen molar-refractivity contribution in [3.63, 3.8) is 0 Å². The van der Waals surface area contributed by atoms with Crippen molar-refractivity contribution in [3.8, 4) is 5.75 Å². The van der Waals surface area contributed by atoms with Gasteiger partial charge in [-0.2, -0.15) is 0 Å². The molecule has 0 unspecified atom stereocenters. The fourth-order valence-electron chi connectivity index (χ4n) is 2.74.